The fourth-order valence-corrected chi connectivity index (χ4v) is 1.79. The van der Waals surface area contributed by atoms with E-state index in [0.717, 1.165) is 12.8 Å². The molecule has 0 radical (unpaired) electrons. The van der Waals surface area contributed by atoms with Crippen LogP contribution in [0.15, 0.2) is 18.2 Å². The normalized spacial score (nSPS) is 11.8. The molecule has 106 valence electrons. The van der Waals surface area contributed by atoms with Crippen LogP contribution in [-0.4, -0.2) is 32.7 Å². The molecule has 0 aliphatic heterocycles. The smallest absolute Gasteiger partial charge is 0.251 e. The van der Waals surface area contributed by atoms with Crippen LogP contribution in [0.25, 0.3) is 0 Å². The topological polar surface area (TPSA) is 73.6 Å². The molecule has 0 saturated carbocycles. The van der Waals surface area contributed by atoms with E-state index >= 15 is 0 Å². The molecule has 0 aromatic heterocycles. The van der Waals surface area contributed by atoms with Crippen molar-refractivity contribution in [1.29, 1.82) is 0 Å². The lowest BCUT2D eigenvalue weighted by Gasteiger charge is -2.16. The Morgan fingerprint density at radius 1 is 1.26 bits per heavy atom. The van der Waals surface area contributed by atoms with Crippen molar-refractivity contribution in [2.24, 2.45) is 5.73 Å². The quantitative estimate of drug-likeness (QED) is 0.785. The summed E-state index contributed by atoms with van der Waals surface area (Å²) in [5.74, 6) is 1.05. The van der Waals surface area contributed by atoms with Gasteiger partial charge in [0.05, 0.1) is 14.2 Å². The largest absolute Gasteiger partial charge is 0.497 e. The van der Waals surface area contributed by atoms with Crippen molar-refractivity contribution in [3.8, 4) is 11.5 Å². The third-order valence-corrected chi connectivity index (χ3v) is 2.96. The van der Waals surface area contributed by atoms with Gasteiger partial charge in [-0.2, -0.15) is 0 Å². The number of methoxy groups -OCH3 is 2. The van der Waals surface area contributed by atoms with Gasteiger partial charge in [-0.3, -0.25) is 4.79 Å². The van der Waals surface area contributed by atoms with Gasteiger partial charge in [0.1, 0.15) is 11.5 Å². The van der Waals surface area contributed by atoms with Crippen LogP contribution in [-0.2, 0) is 0 Å². The molecule has 0 bridgehead atoms. The zero-order valence-electron chi connectivity index (χ0n) is 11.7. The van der Waals surface area contributed by atoms with Crippen molar-refractivity contribution >= 4 is 5.91 Å². The highest BCUT2D eigenvalue weighted by molar-refractivity contribution is 5.95. The van der Waals surface area contributed by atoms with E-state index in [1.54, 1.807) is 32.4 Å². The molecular weight excluding hydrogens is 244 g/mol. The summed E-state index contributed by atoms with van der Waals surface area (Å²) in [6, 6.07) is 5.20. The van der Waals surface area contributed by atoms with Crippen molar-refractivity contribution in [2.45, 2.75) is 25.8 Å². The fraction of sp³-hybridized carbons (Fsp3) is 0.500. The Hall–Kier alpha value is -1.75. The standard InChI is InChI=1S/C14H22N2O3/c1-4-11(5-6-15)16-14(17)10-7-12(18-2)9-13(8-10)19-3/h7-9,11H,4-6,15H2,1-3H3,(H,16,17). The van der Waals surface area contributed by atoms with Crippen LogP contribution in [0.4, 0.5) is 0 Å². The van der Waals surface area contributed by atoms with Crippen LogP contribution in [0.2, 0.25) is 0 Å². The summed E-state index contributed by atoms with van der Waals surface area (Å²) in [5, 5.41) is 2.96. The number of hydrogen-bond donors (Lipinski definition) is 2. The van der Waals surface area contributed by atoms with Crippen molar-refractivity contribution in [3.05, 3.63) is 23.8 Å². The maximum Gasteiger partial charge on any atom is 0.251 e. The molecule has 0 fully saturated rings. The lowest BCUT2D eigenvalue weighted by Crippen LogP contribution is -2.35. The summed E-state index contributed by atoms with van der Waals surface area (Å²) in [6.45, 7) is 2.58. The highest BCUT2D eigenvalue weighted by Crippen LogP contribution is 2.22. The second-order valence-corrected chi connectivity index (χ2v) is 4.26. The van der Waals surface area contributed by atoms with Gasteiger partial charge in [0.15, 0.2) is 0 Å². The molecule has 1 aromatic carbocycles. The number of nitrogens with one attached hydrogen (secondary N) is 1. The monoisotopic (exact) mass is 266 g/mol. The SMILES string of the molecule is CCC(CCN)NC(=O)c1cc(OC)cc(OC)c1. The molecule has 5 nitrogen and oxygen atoms in total. The van der Waals surface area contributed by atoms with Crippen molar-refractivity contribution in [2.75, 3.05) is 20.8 Å². The molecule has 0 saturated heterocycles. The molecule has 5 heteroatoms. The summed E-state index contributed by atoms with van der Waals surface area (Å²) < 4.78 is 10.3. The Bertz CT molecular complexity index is 399. The highest BCUT2D eigenvalue weighted by Gasteiger charge is 2.13. The van der Waals surface area contributed by atoms with Crippen LogP contribution in [0.1, 0.15) is 30.1 Å². The number of hydrogen-bond acceptors (Lipinski definition) is 4. The molecule has 0 aliphatic carbocycles. The molecule has 1 amide bonds. The zero-order valence-corrected chi connectivity index (χ0v) is 11.7. The van der Waals surface area contributed by atoms with E-state index < -0.39 is 0 Å². The Labute approximate surface area is 114 Å². The van der Waals surface area contributed by atoms with E-state index in [1.165, 1.54) is 0 Å². The third kappa shape index (κ3) is 4.44. The number of amides is 1. The molecule has 19 heavy (non-hydrogen) atoms. The van der Waals surface area contributed by atoms with Gasteiger partial charge < -0.3 is 20.5 Å². The van der Waals surface area contributed by atoms with Gasteiger partial charge in [-0.15, -0.1) is 0 Å². The van der Waals surface area contributed by atoms with Gasteiger partial charge >= 0.3 is 0 Å². The van der Waals surface area contributed by atoms with Gasteiger partial charge in [0.2, 0.25) is 0 Å². The van der Waals surface area contributed by atoms with Crippen LogP contribution in [0.3, 0.4) is 0 Å². The summed E-state index contributed by atoms with van der Waals surface area (Å²) in [5.41, 5.74) is 6.04. The minimum atomic E-state index is -0.141. The second-order valence-electron chi connectivity index (χ2n) is 4.26. The first kappa shape index (κ1) is 15.3. The van der Waals surface area contributed by atoms with E-state index in [2.05, 4.69) is 5.32 Å². The maximum absolute atomic E-state index is 12.2. The average Bonchev–Trinajstić information content (AvgIpc) is 2.45. The lowest BCUT2D eigenvalue weighted by atomic mass is 10.1. The van der Waals surface area contributed by atoms with Gasteiger partial charge in [0.25, 0.3) is 5.91 Å². The van der Waals surface area contributed by atoms with Gasteiger partial charge in [-0.25, -0.2) is 0 Å². The Balaban J connectivity index is 2.86. The van der Waals surface area contributed by atoms with E-state index in [9.17, 15) is 4.79 Å². The number of ether oxygens (including phenoxy) is 2. The lowest BCUT2D eigenvalue weighted by molar-refractivity contribution is 0.0933. The Morgan fingerprint density at radius 3 is 2.26 bits per heavy atom. The maximum atomic E-state index is 12.2. The van der Waals surface area contributed by atoms with Gasteiger partial charge in [0, 0.05) is 17.7 Å². The van der Waals surface area contributed by atoms with Crippen molar-refractivity contribution < 1.29 is 14.3 Å². The first-order chi connectivity index (χ1) is 9.14. The van der Waals surface area contributed by atoms with Crippen molar-refractivity contribution in [3.63, 3.8) is 0 Å². The minimum Gasteiger partial charge on any atom is -0.497 e. The number of carbonyl (C=O) groups is 1. The first-order valence-corrected chi connectivity index (χ1v) is 6.38. The Morgan fingerprint density at radius 2 is 1.84 bits per heavy atom. The number of benzene rings is 1. The number of carbonyl (C=O) groups excluding carboxylic acids is 1. The Kier molecular flexibility index (Phi) is 6.15. The predicted octanol–water partition coefficient (Wildman–Crippen LogP) is 1.56. The van der Waals surface area contributed by atoms with Crippen LogP contribution in [0, 0.1) is 0 Å². The minimum absolute atomic E-state index is 0.0923. The molecule has 1 aromatic rings. The predicted molar refractivity (Wildman–Crippen MR) is 74.8 cm³/mol. The summed E-state index contributed by atoms with van der Waals surface area (Å²) in [4.78, 5) is 12.2. The van der Waals surface area contributed by atoms with Gasteiger partial charge in [-0.1, -0.05) is 6.92 Å². The fourth-order valence-electron chi connectivity index (χ4n) is 1.79. The molecule has 1 rings (SSSR count). The van der Waals surface area contributed by atoms with Crippen LogP contribution >= 0.6 is 0 Å². The molecule has 1 atom stereocenters. The number of rotatable bonds is 7. The summed E-state index contributed by atoms with van der Waals surface area (Å²) >= 11 is 0. The first-order valence-electron chi connectivity index (χ1n) is 6.38. The van der Waals surface area contributed by atoms with Crippen LogP contribution in [0.5, 0.6) is 11.5 Å². The van der Waals surface area contributed by atoms with E-state index in [4.69, 9.17) is 15.2 Å². The van der Waals surface area contributed by atoms with E-state index in [-0.39, 0.29) is 11.9 Å². The van der Waals surface area contributed by atoms with Gasteiger partial charge in [-0.05, 0) is 31.5 Å². The van der Waals surface area contributed by atoms with Crippen LogP contribution < -0.4 is 20.5 Å². The van der Waals surface area contributed by atoms with E-state index in [0.29, 0.717) is 23.6 Å². The highest BCUT2D eigenvalue weighted by atomic mass is 16.5. The second kappa shape index (κ2) is 7.63. The third-order valence-electron chi connectivity index (χ3n) is 2.96. The molecule has 3 N–H and O–H groups in total. The average molecular weight is 266 g/mol. The summed E-state index contributed by atoms with van der Waals surface area (Å²) in [6.07, 6.45) is 1.62. The molecule has 1 unspecified atom stereocenters. The zero-order chi connectivity index (χ0) is 14.3. The molecule has 0 heterocycles. The number of nitrogens with two attached hydrogens (primary N) is 1. The molecule has 0 aliphatic rings. The van der Waals surface area contributed by atoms with E-state index in [1.807, 2.05) is 6.92 Å². The molecular formula is C14H22N2O3. The van der Waals surface area contributed by atoms with Crippen molar-refractivity contribution in [1.82, 2.24) is 5.32 Å². The summed E-state index contributed by atoms with van der Waals surface area (Å²) in [7, 11) is 3.11. The molecule has 0 spiro atoms.